The maximum Gasteiger partial charge on any atom is 0.243 e. The fourth-order valence-electron chi connectivity index (χ4n) is 1.44. The lowest BCUT2D eigenvalue weighted by Gasteiger charge is -2.27. The standard InChI is InChI=1S/C12H20N2O2S/c1-9(2)10(3)14(4)17(15,16)12-7-5-11(13)6-8-12/h5-10H,13H2,1-4H3. The minimum atomic E-state index is -3.42. The van der Waals surface area contributed by atoms with E-state index in [1.165, 1.54) is 16.4 Å². The zero-order valence-corrected chi connectivity index (χ0v) is 11.5. The fourth-order valence-corrected chi connectivity index (χ4v) is 2.94. The summed E-state index contributed by atoms with van der Waals surface area (Å²) in [5.74, 6) is 0.267. The molecule has 0 heterocycles. The molecule has 0 fully saturated rings. The first-order valence-corrected chi connectivity index (χ1v) is 7.04. The number of hydrogen-bond acceptors (Lipinski definition) is 3. The molecule has 0 spiro atoms. The number of hydrogen-bond donors (Lipinski definition) is 1. The summed E-state index contributed by atoms with van der Waals surface area (Å²) < 4.78 is 26.0. The van der Waals surface area contributed by atoms with Crippen molar-refractivity contribution in [3.8, 4) is 0 Å². The molecule has 96 valence electrons. The van der Waals surface area contributed by atoms with Crippen molar-refractivity contribution in [3.05, 3.63) is 24.3 Å². The second kappa shape index (κ2) is 5.06. The van der Waals surface area contributed by atoms with Gasteiger partial charge in [-0.3, -0.25) is 0 Å². The summed E-state index contributed by atoms with van der Waals surface area (Å²) in [7, 11) is -1.81. The molecule has 0 amide bonds. The molecule has 1 aromatic carbocycles. The van der Waals surface area contributed by atoms with E-state index in [1.54, 1.807) is 19.2 Å². The Bertz CT molecular complexity index is 466. The van der Waals surface area contributed by atoms with Gasteiger partial charge < -0.3 is 5.73 Å². The topological polar surface area (TPSA) is 63.4 Å². The number of benzene rings is 1. The zero-order chi connectivity index (χ0) is 13.2. The number of nitrogens with two attached hydrogens (primary N) is 1. The molecule has 5 heteroatoms. The summed E-state index contributed by atoms with van der Waals surface area (Å²) in [6.07, 6.45) is 0. The second-order valence-electron chi connectivity index (χ2n) is 4.57. The quantitative estimate of drug-likeness (QED) is 0.837. The van der Waals surface area contributed by atoms with Crippen molar-refractivity contribution in [1.29, 1.82) is 0 Å². The van der Waals surface area contributed by atoms with Gasteiger partial charge in [-0.15, -0.1) is 0 Å². The first-order chi connectivity index (χ1) is 7.76. The van der Waals surface area contributed by atoms with E-state index >= 15 is 0 Å². The normalized spacial score (nSPS) is 14.2. The third-order valence-corrected chi connectivity index (χ3v) is 5.05. The van der Waals surface area contributed by atoms with Gasteiger partial charge in [0, 0.05) is 18.8 Å². The van der Waals surface area contributed by atoms with Crippen LogP contribution in [0.5, 0.6) is 0 Å². The molecule has 0 aliphatic carbocycles. The van der Waals surface area contributed by atoms with Gasteiger partial charge in [0.05, 0.1) is 4.90 Å². The molecule has 17 heavy (non-hydrogen) atoms. The van der Waals surface area contributed by atoms with E-state index in [1.807, 2.05) is 20.8 Å². The van der Waals surface area contributed by atoms with Crippen LogP contribution >= 0.6 is 0 Å². The minimum absolute atomic E-state index is 0.0439. The van der Waals surface area contributed by atoms with Crippen molar-refractivity contribution in [2.24, 2.45) is 5.92 Å². The van der Waals surface area contributed by atoms with Crippen LogP contribution in [0.25, 0.3) is 0 Å². The van der Waals surface area contributed by atoms with Gasteiger partial charge in [-0.2, -0.15) is 4.31 Å². The van der Waals surface area contributed by atoms with Gasteiger partial charge in [-0.05, 0) is 37.1 Å². The number of sulfonamides is 1. The molecule has 0 radical (unpaired) electrons. The average Bonchev–Trinajstić information content (AvgIpc) is 2.27. The predicted octanol–water partition coefficient (Wildman–Crippen LogP) is 1.93. The zero-order valence-electron chi connectivity index (χ0n) is 10.7. The summed E-state index contributed by atoms with van der Waals surface area (Å²) >= 11 is 0. The van der Waals surface area contributed by atoms with Gasteiger partial charge in [0.15, 0.2) is 0 Å². The first-order valence-electron chi connectivity index (χ1n) is 5.60. The number of anilines is 1. The van der Waals surface area contributed by atoms with Gasteiger partial charge in [0.25, 0.3) is 0 Å². The van der Waals surface area contributed by atoms with E-state index in [0.717, 1.165) is 0 Å². The van der Waals surface area contributed by atoms with Crippen LogP contribution < -0.4 is 5.73 Å². The van der Waals surface area contributed by atoms with Crippen molar-refractivity contribution < 1.29 is 8.42 Å². The van der Waals surface area contributed by atoms with Crippen LogP contribution in [0.3, 0.4) is 0 Å². The molecule has 1 aromatic rings. The molecule has 0 saturated heterocycles. The molecule has 0 saturated carbocycles. The van der Waals surface area contributed by atoms with Crippen molar-refractivity contribution in [1.82, 2.24) is 4.31 Å². The van der Waals surface area contributed by atoms with Gasteiger partial charge in [0.2, 0.25) is 10.0 Å². The van der Waals surface area contributed by atoms with Crippen molar-refractivity contribution in [2.75, 3.05) is 12.8 Å². The molecule has 4 nitrogen and oxygen atoms in total. The Hall–Kier alpha value is -1.07. The highest BCUT2D eigenvalue weighted by Crippen LogP contribution is 2.20. The van der Waals surface area contributed by atoms with Crippen molar-refractivity contribution in [3.63, 3.8) is 0 Å². The lowest BCUT2D eigenvalue weighted by Crippen LogP contribution is -2.38. The van der Waals surface area contributed by atoms with Crippen LogP contribution in [0, 0.1) is 5.92 Å². The van der Waals surface area contributed by atoms with E-state index < -0.39 is 10.0 Å². The number of nitrogen functional groups attached to an aromatic ring is 1. The van der Waals surface area contributed by atoms with Crippen LogP contribution in [0.4, 0.5) is 5.69 Å². The fraction of sp³-hybridized carbons (Fsp3) is 0.500. The molecular formula is C12H20N2O2S. The Morgan fingerprint density at radius 1 is 1.12 bits per heavy atom. The monoisotopic (exact) mass is 256 g/mol. The van der Waals surface area contributed by atoms with Gasteiger partial charge >= 0.3 is 0 Å². The average molecular weight is 256 g/mol. The van der Waals surface area contributed by atoms with E-state index in [-0.39, 0.29) is 16.9 Å². The molecule has 2 N–H and O–H groups in total. The summed E-state index contributed by atoms with van der Waals surface area (Å²) in [5.41, 5.74) is 6.10. The van der Waals surface area contributed by atoms with Crippen LogP contribution in [-0.4, -0.2) is 25.8 Å². The summed E-state index contributed by atoms with van der Waals surface area (Å²) in [4.78, 5) is 0.279. The molecule has 0 aromatic heterocycles. The van der Waals surface area contributed by atoms with Crippen molar-refractivity contribution >= 4 is 15.7 Å². The lowest BCUT2D eigenvalue weighted by molar-refractivity contribution is 0.316. The third-order valence-electron chi connectivity index (χ3n) is 3.10. The SMILES string of the molecule is CC(C)C(C)N(C)S(=O)(=O)c1ccc(N)cc1. The van der Waals surface area contributed by atoms with Crippen molar-refractivity contribution in [2.45, 2.75) is 31.7 Å². The van der Waals surface area contributed by atoms with E-state index in [0.29, 0.717) is 5.69 Å². The summed E-state index contributed by atoms with van der Waals surface area (Å²) in [5, 5.41) is 0. The number of nitrogens with zero attached hydrogens (tertiary/aromatic N) is 1. The Morgan fingerprint density at radius 2 is 1.59 bits per heavy atom. The second-order valence-corrected chi connectivity index (χ2v) is 6.57. The molecule has 0 aliphatic rings. The molecular weight excluding hydrogens is 236 g/mol. The highest BCUT2D eigenvalue weighted by molar-refractivity contribution is 7.89. The van der Waals surface area contributed by atoms with Crippen LogP contribution in [-0.2, 0) is 10.0 Å². The maximum absolute atomic E-state index is 12.3. The highest BCUT2D eigenvalue weighted by Gasteiger charge is 2.26. The Kier molecular flexibility index (Phi) is 4.16. The highest BCUT2D eigenvalue weighted by atomic mass is 32.2. The molecule has 1 atom stereocenters. The molecule has 0 bridgehead atoms. The Morgan fingerprint density at radius 3 is 2.00 bits per heavy atom. The number of rotatable bonds is 4. The minimum Gasteiger partial charge on any atom is -0.399 e. The lowest BCUT2D eigenvalue weighted by atomic mass is 10.1. The first kappa shape index (κ1) is 14.0. The Balaban J connectivity index is 3.07. The summed E-state index contributed by atoms with van der Waals surface area (Å²) in [6.45, 7) is 5.90. The smallest absolute Gasteiger partial charge is 0.243 e. The Labute approximate surface area is 103 Å². The van der Waals surface area contributed by atoms with E-state index in [2.05, 4.69) is 0 Å². The van der Waals surface area contributed by atoms with E-state index in [9.17, 15) is 8.42 Å². The van der Waals surface area contributed by atoms with Crippen LogP contribution in [0.2, 0.25) is 0 Å². The van der Waals surface area contributed by atoms with Gasteiger partial charge in [0.1, 0.15) is 0 Å². The van der Waals surface area contributed by atoms with Crippen LogP contribution in [0.1, 0.15) is 20.8 Å². The van der Waals surface area contributed by atoms with E-state index in [4.69, 9.17) is 5.73 Å². The molecule has 0 aliphatic heterocycles. The summed E-state index contributed by atoms with van der Waals surface area (Å²) in [6, 6.07) is 6.22. The predicted molar refractivity (Wildman–Crippen MR) is 70.1 cm³/mol. The van der Waals surface area contributed by atoms with Gasteiger partial charge in [-0.1, -0.05) is 13.8 Å². The third kappa shape index (κ3) is 2.98. The van der Waals surface area contributed by atoms with Crippen LogP contribution in [0.15, 0.2) is 29.2 Å². The molecule has 1 unspecified atom stereocenters. The molecule has 1 rings (SSSR count). The maximum atomic E-state index is 12.3. The van der Waals surface area contributed by atoms with Gasteiger partial charge in [-0.25, -0.2) is 8.42 Å². The largest absolute Gasteiger partial charge is 0.399 e.